The van der Waals surface area contributed by atoms with Crippen LogP contribution in [0, 0.1) is 5.92 Å². The summed E-state index contributed by atoms with van der Waals surface area (Å²) in [4.78, 5) is 0. The molecule has 0 saturated carbocycles. The number of aromatic nitrogens is 2. The van der Waals surface area contributed by atoms with E-state index in [9.17, 15) is 0 Å². The average molecular weight is 255 g/mol. The van der Waals surface area contributed by atoms with Crippen molar-refractivity contribution in [1.82, 2.24) is 15.1 Å². The highest BCUT2D eigenvalue weighted by Crippen LogP contribution is 1.97. The Balaban J connectivity index is 2.00. The summed E-state index contributed by atoms with van der Waals surface area (Å²) in [6.45, 7) is 8.41. The van der Waals surface area contributed by atoms with Gasteiger partial charge in [-0.3, -0.25) is 4.68 Å². The molecule has 1 rings (SSSR count). The second kappa shape index (κ2) is 9.08. The summed E-state index contributed by atoms with van der Waals surface area (Å²) in [6, 6.07) is 0. The molecule has 5 heteroatoms. The zero-order valence-electron chi connectivity index (χ0n) is 11.4. The van der Waals surface area contributed by atoms with Crippen LogP contribution in [0.1, 0.15) is 25.8 Å². The normalized spacial score (nSPS) is 11.3. The Morgan fingerprint density at radius 2 is 2.33 bits per heavy atom. The van der Waals surface area contributed by atoms with Gasteiger partial charge in [0.1, 0.15) is 0 Å². The van der Waals surface area contributed by atoms with Crippen LogP contribution in [0.2, 0.25) is 0 Å². The molecule has 0 unspecified atom stereocenters. The van der Waals surface area contributed by atoms with E-state index in [1.807, 2.05) is 12.4 Å². The minimum atomic E-state index is 0.127. The second-order valence-corrected chi connectivity index (χ2v) is 4.83. The highest BCUT2D eigenvalue weighted by molar-refractivity contribution is 5.03. The summed E-state index contributed by atoms with van der Waals surface area (Å²) < 4.78 is 7.25. The van der Waals surface area contributed by atoms with Crippen LogP contribution < -0.4 is 5.32 Å². The molecule has 0 aliphatic rings. The molecular formula is C13H25N3O2. The van der Waals surface area contributed by atoms with Gasteiger partial charge in [0.05, 0.1) is 19.3 Å². The Labute approximate surface area is 109 Å². The fourth-order valence-corrected chi connectivity index (χ4v) is 1.57. The fraction of sp³-hybridized carbons (Fsp3) is 0.769. The van der Waals surface area contributed by atoms with Crippen molar-refractivity contribution in [3.63, 3.8) is 0 Å². The van der Waals surface area contributed by atoms with Crippen molar-refractivity contribution < 1.29 is 9.84 Å². The Kier molecular flexibility index (Phi) is 7.64. The van der Waals surface area contributed by atoms with Gasteiger partial charge in [0.15, 0.2) is 0 Å². The van der Waals surface area contributed by atoms with Crippen LogP contribution in [0.5, 0.6) is 0 Å². The number of ether oxygens (including phenoxy) is 1. The van der Waals surface area contributed by atoms with E-state index in [1.54, 1.807) is 4.68 Å². The Morgan fingerprint density at radius 1 is 1.50 bits per heavy atom. The summed E-state index contributed by atoms with van der Waals surface area (Å²) in [5.41, 5.74) is 1.14. The Hall–Kier alpha value is -0.910. The molecular weight excluding hydrogens is 230 g/mol. The Bertz CT molecular complexity index is 313. The first-order valence-electron chi connectivity index (χ1n) is 6.63. The lowest BCUT2D eigenvalue weighted by atomic mass is 10.2. The summed E-state index contributed by atoms with van der Waals surface area (Å²) in [6.07, 6.45) is 4.81. The monoisotopic (exact) mass is 255 g/mol. The van der Waals surface area contributed by atoms with E-state index in [0.717, 1.165) is 38.3 Å². The molecule has 104 valence electrons. The van der Waals surface area contributed by atoms with E-state index < -0.39 is 0 Å². The highest BCUT2D eigenvalue weighted by atomic mass is 16.5. The van der Waals surface area contributed by atoms with E-state index in [4.69, 9.17) is 9.84 Å². The van der Waals surface area contributed by atoms with Gasteiger partial charge in [0.25, 0.3) is 0 Å². The lowest BCUT2D eigenvalue weighted by molar-refractivity contribution is 0.108. The number of hydrogen-bond acceptors (Lipinski definition) is 4. The SMILES string of the molecule is CC(C)COCCCNCc1cnn(CCO)c1. The molecule has 0 saturated heterocycles. The average Bonchev–Trinajstić information content (AvgIpc) is 2.76. The third-order valence-corrected chi connectivity index (χ3v) is 2.44. The smallest absolute Gasteiger partial charge is 0.0640 e. The molecule has 1 aromatic rings. The summed E-state index contributed by atoms with van der Waals surface area (Å²) in [5.74, 6) is 0.607. The predicted octanol–water partition coefficient (Wildman–Crippen LogP) is 1.03. The third-order valence-electron chi connectivity index (χ3n) is 2.44. The minimum Gasteiger partial charge on any atom is -0.394 e. The number of rotatable bonds is 10. The van der Waals surface area contributed by atoms with E-state index in [-0.39, 0.29) is 6.61 Å². The summed E-state index contributed by atoms with van der Waals surface area (Å²) in [7, 11) is 0. The van der Waals surface area contributed by atoms with Crippen LogP contribution in [0.15, 0.2) is 12.4 Å². The maximum Gasteiger partial charge on any atom is 0.0640 e. The maximum atomic E-state index is 8.77. The molecule has 1 aromatic heterocycles. The van der Waals surface area contributed by atoms with Gasteiger partial charge in [-0.25, -0.2) is 0 Å². The number of aliphatic hydroxyl groups is 1. The van der Waals surface area contributed by atoms with E-state index >= 15 is 0 Å². The number of nitrogens with zero attached hydrogens (tertiary/aromatic N) is 2. The third kappa shape index (κ3) is 6.74. The number of hydrogen-bond donors (Lipinski definition) is 2. The van der Waals surface area contributed by atoms with Gasteiger partial charge < -0.3 is 15.2 Å². The van der Waals surface area contributed by atoms with E-state index in [0.29, 0.717) is 12.5 Å². The molecule has 0 aliphatic heterocycles. The second-order valence-electron chi connectivity index (χ2n) is 4.83. The van der Waals surface area contributed by atoms with Crippen LogP contribution in [0.3, 0.4) is 0 Å². The lowest BCUT2D eigenvalue weighted by Crippen LogP contribution is -2.16. The van der Waals surface area contributed by atoms with E-state index in [1.165, 1.54) is 0 Å². The first-order chi connectivity index (χ1) is 8.72. The quantitative estimate of drug-likeness (QED) is 0.613. The molecule has 0 fully saturated rings. The van der Waals surface area contributed by atoms with Crippen LogP contribution in [-0.4, -0.2) is 41.3 Å². The first-order valence-corrected chi connectivity index (χ1v) is 6.63. The largest absolute Gasteiger partial charge is 0.394 e. The molecule has 0 aromatic carbocycles. The molecule has 0 bridgehead atoms. The van der Waals surface area contributed by atoms with Crippen molar-refractivity contribution in [2.24, 2.45) is 5.92 Å². The van der Waals surface area contributed by atoms with Crippen molar-refractivity contribution >= 4 is 0 Å². The van der Waals surface area contributed by atoms with Crippen LogP contribution in [0.4, 0.5) is 0 Å². The maximum absolute atomic E-state index is 8.77. The first kappa shape index (κ1) is 15.1. The molecule has 0 aliphatic carbocycles. The topological polar surface area (TPSA) is 59.3 Å². The lowest BCUT2D eigenvalue weighted by Gasteiger charge is -2.07. The van der Waals surface area contributed by atoms with Crippen molar-refractivity contribution in [2.75, 3.05) is 26.4 Å². The van der Waals surface area contributed by atoms with Crippen molar-refractivity contribution in [3.8, 4) is 0 Å². The van der Waals surface area contributed by atoms with Gasteiger partial charge in [0, 0.05) is 31.5 Å². The molecule has 0 amide bonds. The van der Waals surface area contributed by atoms with E-state index in [2.05, 4.69) is 24.3 Å². The van der Waals surface area contributed by atoms with Crippen LogP contribution in [-0.2, 0) is 17.8 Å². The van der Waals surface area contributed by atoms with Gasteiger partial charge >= 0.3 is 0 Å². The zero-order valence-corrected chi connectivity index (χ0v) is 11.4. The minimum absolute atomic E-state index is 0.127. The molecule has 18 heavy (non-hydrogen) atoms. The highest BCUT2D eigenvalue weighted by Gasteiger charge is 1.98. The van der Waals surface area contributed by atoms with Gasteiger partial charge in [-0.2, -0.15) is 5.10 Å². The molecule has 5 nitrogen and oxygen atoms in total. The van der Waals surface area contributed by atoms with Gasteiger partial charge in [0.2, 0.25) is 0 Å². The van der Waals surface area contributed by atoms with Crippen molar-refractivity contribution in [3.05, 3.63) is 18.0 Å². The molecule has 1 heterocycles. The number of nitrogens with one attached hydrogen (secondary N) is 1. The van der Waals surface area contributed by atoms with Crippen molar-refractivity contribution in [1.29, 1.82) is 0 Å². The van der Waals surface area contributed by atoms with Crippen LogP contribution in [0.25, 0.3) is 0 Å². The predicted molar refractivity (Wildman–Crippen MR) is 71.3 cm³/mol. The standard InChI is InChI=1S/C13H25N3O2/c1-12(2)11-18-7-3-4-14-8-13-9-15-16(10-13)5-6-17/h9-10,12,14,17H,3-8,11H2,1-2H3. The number of aliphatic hydroxyl groups excluding tert-OH is 1. The summed E-state index contributed by atoms with van der Waals surface area (Å²) >= 11 is 0. The summed E-state index contributed by atoms with van der Waals surface area (Å²) in [5, 5.41) is 16.3. The Morgan fingerprint density at radius 3 is 3.06 bits per heavy atom. The molecule has 0 atom stereocenters. The van der Waals surface area contributed by atoms with Gasteiger partial charge in [-0.15, -0.1) is 0 Å². The fourth-order valence-electron chi connectivity index (χ4n) is 1.57. The zero-order chi connectivity index (χ0) is 13.2. The van der Waals surface area contributed by atoms with Gasteiger partial charge in [-0.1, -0.05) is 13.8 Å². The van der Waals surface area contributed by atoms with Crippen LogP contribution >= 0.6 is 0 Å². The van der Waals surface area contributed by atoms with Crippen molar-refractivity contribution in [2.45, 2.75) is 33.4 Å². The molecule has 0 spiro atoms. The van der Waals surface area contributed by atoms with Gasteiger partial charge in [-0.05, 0) is 18.9 Å². The molecule has 0 radical (unpaired) electrons. The molecule has 2 N–H and O–H groups in total.